The van der Waals surface area contributed by atoms with Gasteiger partial charge in [0, 0.05) is 11.8 Å². The highest BCUT2D eigenvalue weighted by atomic mass is 32.2. The summed E-state index contributed by atoms with van der Waals surface area (Å²) in [5.41, 5.74) is 0.992. The van der Waals surface area contributed by atoms with E-state index >= 15 is 0 Å². The van der Waals surface area contributed by atoms with Crippen LogP contribution in [0.4, 0.5) is 5.82 Å². The van der Waals surface area contributed by atoms with Crippen molar-refractivity contribution in [2.45, 2.75) is 5.37 Å². The molecule has 1 aliphatic rings. The highest BCUT2D eigenvalue weighted by molar-refractivity contribution is 8.00. The summed E-state index contributed by atoms with van der Waals surface area (Å²) < 4.78 is 5.07. The van der Waals surface area contributed by atoms with Crippen molar-refractivity contribution in [1.29, 1.82) is 0 Å². The van der Waals surface area contributed by atoms with Gasteiger partial charge in [-0.3, -0.25) is 9.69 Å². The van der Waals surface area contributed by atoms with E-state index in [1.165, 1.54) is 0 Å². The molecule has 0 spiro atoms. The number of hydrogen-bond donors (Lipinski definition) is 0. The van der Waals surface area contributed by atoms with Gasteiger partial charge in [0.1, 0.15) is 11.2 Å². The Hall–Kier alpha value is -1.75. The van der Waals surface area contributed by atoms with E-state index in [4.69, 9.17) is 4.42 Å². The lowest BCUT2D eigenvalue weighted by Crippen LogP contribution is -2.28. The minimum absolute atomic E-state index is 0.0313. The van der Waals surface area contributed by atoms with E-state index in [-0.39, 0.29) is 11.3 Å². The molecule has 5 heteroatoms. The highest BCUT2D eigenvalue weighted by Gasteiger charge is 2.35. The summed E-state index contributed by atoms with van der Waals surface area (Å²) in [6.45, 7) is 0. The lowest BCUT2D eigenvalue weighted by Gasteiger charge is -2.21. The van der Waals surface area contributed by atoms with E-state index in [9.17, 15) is 4.79 Å². The number of nitrogens with zero attached hydrogens (tertiary/aromatic N) is 2. The van der Waals surface area contributed by atoms with Gasteiger partial charge in [-0.1, -0.05) is 6.07 Å². The molecule has 0 N–H and O–H groups in total. The molecule has 0 aliphatic carbocycles. The lowest BCUT2D eigenvalue weighted by atomic mass is 10.3. The van der Waals surface area contributed by atoms with Gasteiger partial charge in [-0.25, -0.2) is 4.98 Å². The summed E-state index contributed by atoms with van der Waals surface area (Å²) in [6.07, 6.45) is 4.99. The second kappa shape index (κ2) is 4.25. The van der Waals surface area contributed by atoms with Crippen molar-refractivity contribution >= 4 is 23.5 Å². The molecule has 2 aromatic rings. The fourth-order valence-corrected chi connectivity index (χ4v) is 2.97. The number of pyridine rings is 1. The summed E-state index contributed by atoms with van der Waals surface area (Å²) in [6, 6.07) is 7.44. The maximum atomic E-state index is 11.9. The third-order valence-corrected chi connectivity index (χ3v) is 3.80. The van der Waals surface area contributed by atoms with E-state index in [0.29, 0.717) is 11.6 Å². The highest BCUT2D eigenvalue weighted by Crippen LogP contribution is 2.40. The van der Waals surface area contributed by atoms with Crippen LogP contribution in [-0.2, 0) is 4.79 Å². The van der Waals surface area contributed by atoms with Gasteiger partial charge in [-0.2, -0.15) is 0 Å². The number of carbonyl (C=O) groups is 1. The molecule has 1 aliphatic heterocycles. The molecular weight excluding hydrogens is 236 g/mol. The summed E-state index contributed by atoms with van der Waals surface area (Å²) in [4.78, 5) is 17.9. The molecule has 86 valence electrons. The van der Waals surface area contributed by atoms with E-state index in [1.54, 1.807) is 35.4 Å². The number of rotatable bonds is 2. The monoisotopic (exact) mass is 246 g/mol. The van der Waals surface area contributed by atoms with Gasteiger partial charge in [0.05, 0.1) is 18.3 Å². The van der Waals surface area contributed by atoms with Crippen molar-refractivity contribution in [3.63, 3.8) is 0 Å². The number of hydrogen-bond acceptors (Lipinski definition) is 4. The van der Waals surface area contributed by atoms with Gasteiger partial charge in [-0.05, 0) is 18.2 Å². The molecular formula is C12H10N2O2S. The molecule has 2 aromatic heterocycles. The van der Waals surface area contributed by atoms with Crippen LogP contribution in [0.15, 0.2) is 47.4 Å². The van der Waals surface area contributed by atoms with Gasteiger partial charge < -0.3 is 4.42 Å². The van der Waals surface area contributed by atoms with Gasteiger partial charge in [0.2, 0.25) is 5.91 Å². The van der Waals surface area contributed by atoms with Crippen molar-refractivity contribution < 1.29 is 9.21 Å². The Labute approximate surface area is 103 Å². The topological polar surface area (TPSA) is 46.3 Å². The first-order chi connectivity index (χ1) is 8.36. The second-order valence-corrected chi connectivity index (χ2v) is 4.74. The van der Waals surface area contributed by atoms with Crippen LogP contribution in [0.3, 0.4) is 0 Å². The summed E-state index contributed by atoms with van der Waals surface area (Å²) in [5.74, 6) is 1.25. The molecule has 17 heavy (non-hydrogen) atoms. The Kier molecular flexibility index (Phi) is 2.60. The lowest BCUT2D eigenvalue weighted by molar-refractivity contribution is -0.115. The normalized spacial score (nSPS) is 19.9. The SMILES string of the molecule is O=C1CSC(c2ccoc2)N1c1ccccn1. The first-order valence-corrected chi connectivity index (χ1v) is 6.28. The third kappa shape index (κ3) is 1.82. The molecule has 0 bridgehead atoms. The van der Waals surface area contributed by atoms with Crippen LogP contribution in [-0.4, -0.2) is 16.6 Å². The molecule has 4 nitrogen and oxygen atoms in total. The van der Waals surface area contributed by atoms with Crippen molar-refractivity contribution in [2.75, 3.05) is 10.7 Å². The van der Waals surface area contributed by atoms with Crippen molar-refractivity contribution in [2.24, 2.45) is 0 Å². The Morgan fingerprint density at radius 2 is 2.35 bits per heavy atom. The fourth-order valence-electron chi connectivity index (χ4n) is 1.83. The zero-order valence-corrected chi connectivity index (χ0v) is 9.76. The van der Waals surface area contributed by atoms with Crippen LogP contribution in [0.25, 0.3) is 0 Å². The number of carbonyl (C=O) groups excluding carboxylic acids is 1. The van der Waals surface area contributed by atoms with Gasteiger partial charge in [0.15, 0.2) is 0 Å². The molecule has 0 aromatic carbocycles. The van der Waals surface area contributed by atoms with E-state index in [0.717, 1.165) is 5.56 Å². The Morgan fingerprint density at radius 3 is 3.06 bits per heavy atom. The Morgan fingerprint density at radius 1 is 1.41 bits per heavy atom. The second-order valence-electron chi connectivity index (χ2n) is 3.67. The molecule has 1 atom stereocenters. The molecule has 1 unspecified atom stereocenters. The maximum absolute atomic E-state index is 11.9. The van der Waals surface area contributed by atoms with Crippen LogP contribution in [0.2, 0.25) is 0 Å². The first kappa shape index (κ1) is 10.4. The van der Waals surface area contributed by atoms with Crippen LogP contribution >= 0.6 is 11.8 Å². The first-order valence-electron chi connectivity index (χ1n) is 5.23. The molecule has 1 fully saturated rings. The molecule has 3 heterocycles. The van der Waals surface area contributed by atoms with Crippen molar-refractivity contribution in [3.05, 3.63) is 48.6 Å². The standard InChI is InChI=1S/C12H10N2O2S/c15-11-8-17-12(9-4-6-16-7-9)14(11)10-3-1-2-5-13-10/h1-7,12H,8H2. The number of anilines is 1. The maximum Gasteiger partial charge on any atom is 0.239 e. The van der Waals surface area contributed by atoms with E-state index in [1.807, 2.05) is 24.3 Å². The van der Waals surface area contributed by atoms with E-state index < -0.39 is 0 Å². The predicted molar refractivity (Wildman–Crippen MR) is 65.6 cm³/mol. The molecule has 0 saturated carbocycles. The zero-order chi connectivity index (χ0) is 11.7. The largest absolute Gasteiger partial charge is 0.472 e. The fraction of sp³-hybridized carbons (Fsp3) is 0.167. The minimum Gasteiger partial charge on any atom is -0.472 e. The van der Waals surface area contributed by atoms with Gasteiger partial charge in [-0.15, -0.1) is 11.8 Å². The Balaban J connectivity index is 1.98. The van der Waals surface area contributed by atoms with Crippen LogP contribution in [0.5, 0.6) is 0 Å². The summed E-state index contributed by atoms with van der Waals surface area (Å²) >= 11 is 1.59. The zero-order valence-electron chi connectivity index (χ0n) is 8.95. The van der Waals surface area contributed by atoms with Gasteiger partial charge >= 0.3 is 0 Å². The third-order valence-electron chi connectivity index (χ3n) is 2.59. The smallest absolute Gasteiger partial charge is 0.239 e. The Bertz CT molecular complexity index is 513. The van der Waals surface area contributed by atoms with Crippen LogP contribution < -0.4 is 4.90 Å². The van der Waals surface area contributed by atoms with E-state index in [2.05, 4.69) is 4.98 Å². The number of aromatic nitrogens is 1. The predicted octanol–water partition coefficient (Wildman–Crippen LogP) is 2.45. The van der Waals surface area contributed by atoms with Gasteiger partial charge in [0.25, 0.3) is 0 Å². The average Bonchev–Trinajstić information content (AvgIpc) is 2.98. The van der Waals surface area contributed by atoms with Crippen molar-refractivity contribution in [3.8, 4) is 0 Å². The quantitative estimate of drug-likeness (QED) is 0.816. The number of thioether (sulfide) groups is 1. The van der Waals surface area contributed by atoms with Crippen LogP contribution in [0.1, 0.15) is 10.9 Å². The molecule has 1 saturated heterocycles. The molecule has 0 radical (unpaired) electrons. The number of amides is 1. The van der Waals surface area contributed by atoms with Crippen molar-refractivity contribution in [1.82, 2.24) is 4.98 Å². The summed E-state index contributed by atoms with van der Waals surface area (Å²) in [7, 11) is 0. The minimum atomic E-state index is -0.0313. The van der Waals surface area contributed by atoms with Crippen LogP contribution in [0, 0.1) is 0 Å². The number of furan rings is 1. The molecule has 3 rings (SSSR count). The molecule has 1 amide bonds. The summed E-state index contributed by atoms with van der Waals surface area (Å²) in [5, 5.41) is -0.0313. The average molecular weight is 246 g/mol.